The Hall–Kier alpha value is -3.25. The number of aryl methyl sites for hydroxylation is 1. The fraction of sp³-hybridized carbons (Fsp3) is 0.240. The molecule has 0 radical (unpaired) electrons. The predicted octanol–water partition coefficient (Wildman–Crippen LogP) is 5.09. The zero-order valence-electron chi connectivity index (χ0n) is 17.7. The highest BCUT2D eigenvalue weighted by Gasteiger charge is 2.16. The zero-order valence-corrected chi connectivity index (χ0v) is 18.5. The molecule has 0 spiro atoms. The monoisotopic (exact) mass is 431 g/mol. The van der Waals surface area contributed by atoms with Gasteiger partial charge in [-0.3, -0.25) is 9.59 Å². The molecule has 5 nitrogen and oxygen atoms in total. The molecule has 2 aromatic heterocycles. The van der Waals surface area contributed by atoms with Crippen LogP contribution in [0.5, 0.6) is 0 Å². The SMILES string of the molecule is CCCC(NC(=O)c1ccc(Cn2c(=O)c(C)nc3ccccc32)cc1)c1cccs1. The second-order valence-corrected chi connectivity index (χ2v) is 8.58. The number of hydrogen-bond acceptors (Lipinski definition) is 4. The number of thiophene rings is 1. The molecule has 0 fully saturated rings. The lowest BCUT2D eigenvalue weighted by molar-refractivity contribution is 0.0935. The lowest BCUT2D eigenvalue weighted by atomic mass is 10.1. The van der Waals surface area contributed by atoms with Crippen LogP contribution in [0.15, 0.2) is 70.8 Å². The van der Waals surface area contributed by atoms with Gasteiger partial charge in [0, 0.05) is 10.4 Å². The molecule has 0 saturated carbocycles. The van der Waals surface area contributed by atoms with E-state index in [2.05, 4.69) is 23.3 Å². The van der Waals surface area contributed by atoms with E-state index in [-0.39, 0.29) is 17.5 Å². The third-order valence-electron chi connectivity index (χ3n) is 5.34. The number of carbonyl (C=O) groups excluding carboxylic acids is 1. The van der Waals surface area contributed by atoms with Crippen LogP contribution in [-0.4, -0.2) is 15.5 Å². The number of para-hydroxylation sites is 2. The molecule has 0 aliphatic heterocycles. The summed E-state index contributed by atoms with van der Waals surface area (Å²) in [6.07, 6.45) is 1.90. The summed E-state index contributed by atoms with van der Waals surface area (Å²) in [5.74, 6) is -0.0826. The smallest absolute Gasteiger partial charge is 0.272 e. The Kier molecular flexibility index (Phi) is 6.28. The summed E-state index contributed by atoms with van der Waals surface area (Å²) in [7, 11) is 0. The lowest BCUT2D eigenvalue weighted by Gasteiger charge is -2.17. The van der Waals surface area contributed by atoms with Gasteiger partial charge in [0.15, 0.2) is 0 Å². The molecule has 4 rings (SSSR count). The summed E-state index contributed by atoms with van der Waals surface area (Å²) in [5, 5.41) is 5.19. The molecule has 2 aromatic carbocycles. The Morgan fingerprint density at radius 2 is 1.87 bits per heavy atom. The molecule has 4 aromatic rings. The van der Waals surface area contributed by atoms with Crippen molar-refractivity contribution in [2.24, 2.45) is 0 Å². The van der Waals surface area contributed by atoms with Gasteiger partial charge in [-0.15, -0.1) is 11.3 Å². The molecule has 158 valence electrons. The number of fused-ring (bicyclic) bond motifs is 1. The van der Waals surface area contributed by atoms with E-state index in [0.29, 0.717) is 17.8 Å². The molecule has 1 unspecified atom stereocenters. The molecular weight excluding hydrogens is 406 g/mol. The van der Waals surface area contributed by atoms with Crippen LogP contribution in [0.2, 0.25) is 0 Å². The number of carbonyl (C=O) groups is 1. The van der Waals surface area contributed by atoms with Crippen molar-refractivity contribution in [2.75, 3.05) is 0 Å². The fourth-order valence-corrected chi connectivity index (χ4v) is 4.54. The van der Waals surface area contributed by atoms with E-state index >= 15 is 0 Å². The van der Waals surface area contributed by atoms with Crippen LogP contribution in [0.3, 0.4) is 0 Å². The Morgan fingerprint density at radius 1 is 1.10 bits per heavy atom. The number of aromatic nitrogens is 2. The van der Waals surface area contributed by atoms with Crippen molar-refractivity contribution in [3.8, 4) is 0 Å². The van der Waals surface area contributed by atoms with Crippen molar-refractivity contribution >= 4 is 28.3 Å². The first-order valence-electron chi connectivity index (χ1n) is 10.5. The van der Waals surface area contributed by atoms with Crippen molar-refractivity contribution in [1.82, 2.24) is 14.9 Å². The molecule has 0 bridgehead atoms. The van der Waals surface area contributed by atoms with E-state index in [1.165, 1.54) is 4.88 Å². The second kappa shape index (κ2) is 9.27. The molecule has 6 heteroatoms. The van der Waals surface area contributed by atoms with E-state index in [0.717, 1.165) is 29.4 Å². The minimum atomic E-state index is -0.0983. The van der Waals surface area contributed by atoms with Crippen molar-refractivity contribution in [3.05, 3.63) is 98.1 Å². The Bertz CT molecular complexity index is 1240. The van der Waals surface area contributed by atoms with Crippen LogP contribution < -0.4 is 10.9 Å². The summed E-state index contributed by atoms with van der Waals surface area (Å²) in [5.41, 5.74) is 3.55. The molecule has 1 atom stereocenters. The van der Waals surface area contributed by atoms with Crippen LogP contribution in [0.4, 0.5) is 0 Å². The fourth-order valence-electron chi connectivity index (χ4n) is 3.73. The number of benzene rings is 2. The van der Waals surface area contributed by atoms with Crippen LogP contribution in [-0.2, 0) is 6.54 Å². The topological polar surface area (TPSA) is 64.0 Å². The maximum atomic E-state index is 12.8. The van der Waals surface area contributed by atoms with Gasteiger partial charge in [0.05, 0.1) is 23.6 Å². The number of amides is 1. The third-order valence-corrected chi connectivity index (χ3v) is 6.33. The molecule has 1 amide bonds. The van der Waals surface area contributed by atoms with Crippen molar-refractivity contribution in [2.45, 2.75) is 39.3 Å². The van der Waals surface area contributed by atoms with Gasteiger partial charge in [-0.1, -0.05) is 43.7 Å². The predicted molar refractivity (Wildman–Crippen MR) is 126 cm³/mol. The van der Waals surface area contributed by atoms with Crippen LogP contribution in [0.25, 0.3) is 11.0 Å². The van der Waals surface area contributed by atoms with Gasteiger partial charge in [0.25, 0.3) is 11.5 Å². The zero-order chi connectivity index (χ0) is 21.8. The lowest BCUT2D eigenvalue weighted by Crippen LogP contribution is -2.28. The van der Waals surface area contributed by atoms with E-state index in [1.54, 1.807) is 22.8 Å². The van der Waals surface area contributed by atoms with Gasteiger partial charge < -0.3 is 9.88 Å². The summed E-state index contributed by atoms with van der Waals surface area (Å²) >= 11 is 1.66. The van der Waals surface area contributed by atoms with Crippen LogP contribution >= 0.6 is 11.3 Å². The van der Waals surface area contributed by atoms with E-state index in [1.807, 2.05) is 60.0 Å². The highest BCUT2D eigenvalue weighted by atomic mass is 32.1. The number of hydrogen-bond donors (Lipinski definition) is 1. The molecule has 1 N–H and O–H groups in total. The van der Waals surface area contributed by atoms with Gasteiger partial charge in [0.1, 0.15) is 5.69 Å². The van der Waals surface area contributed by atoms with Crippen molar-refractivity contribution < 1.29 is 4.79 Å². The number of nitrogens with zero attached hydrogens (tertiary/aromatic N) is 2. The van der Waals surface area contributed by atoms with Gasteiger partial charge in [-0.2, -0.15) is 0 Å². The molecule has 2 heterocycles. The van der Waals surface area contributed by atoms with Crippen molar-refractivity contribution in [3.63, 3.8) is 0 Å². The first-order chi connectivity index (χ1) is 15.1. The Labute approximate surface area is 185 Å². The molecule has 0 saturated heterocycles. The highest BCUT2D eigenvalue weighted by Crippen LogP contribution is 2.23. The Balaban J connectivity index is 1.54. The normalized spacial score (nSPS) is 12.1. The van der Waals surface area contributed by atoms with Gasteiger partial charge >= 0.3 is 0 Å². The summed E-state index contributed by atoms with van der Waals surface area (Å²) in [4.78, 5) is 31.1. The van der Waals surface area contributed by atoms with Crippen molar-refractivity contribution in [1.29, 1.82) is 0 Å². The first kappa shape index (κ1) is 21.0. The molecule has 0 aliphatic rings. The minimum Gasteiger partial charge on any atom is -0.344 e. The molecule has 31 heavy (non-hydrogen) atoms. The molecular formula is C25H25N3O2S. The second-order valence-electron chi connectivity index (χ2n) is 7.60. The average molecular weight is 432 g/mol. The maximum absolute atomic E-state index is 12.8. The van der Waals surface area contributed by atoms with E-state index in [9.17, 15) is 9.59 Å². The number of rotatable bonds is 7. The van der Waals surface area contributed by atoms with Gasteiger partial charge in [-0.05, 0) is 54.6 Å². The summed E-state index contributed by atoms with van der Waals surface area (Å²) in [6.45, 7) is 4.28. The highest BCUT2D eigenvalue weighted by molar-refractivity contribution is 7.10. The van der Waals surface area contributed by atoms with Crippen LogP contribution in [0, 0.1) is 6.92 Å². The van der Waals surface area contributed by atoms with E-state index < -0.39 is 0 Å². The average Bonchev–Trinajstić information content (AvgIpc) is 3.32. The maximum Gasteiger partial charge on any atom is 0.272 e. The quantitative estimate of drug-likeness (QED) is 0.443. The summed E-state index contributed by atoms with van der Waals surface area (Å²) in [6, 6.07) is 19.2. The third kappa shape index (κ3) is 4.59. The van der Waals surface area contributed by atoms with Crippen LogP contribution in [0.1, 0.15) is 52.3 Å². The van der Waals surface area contributed by atoms with E-state index in [4.69, 9.17) is 0 Å². The van der Waals surface area contributed by atoms with Gasteiger partial charge in [-0.25, -0.2) is 4.98 Å². The largest absolute Gasteiger partial charge is 0.344 e. The van der Waals surface area contributed by atoms with Gasteiger partial charge in [0.2, 0.25) is 0 Å². The number of nitrogens with one attached hydrogen (secondary N) is 1. The molecule has 0 aliphatic carbocycles. The summed E-state index contributed by atoms with van der Waals surface area (Å²) < 4.78 is 1.74. The first-order valence-corrected chi connectivity index (χ1v) is 11.3. The Morgan fingerprint density at radius 3 is 2.58 bits per heavy atom. The minimum absolute atomic E-state index is 0.0295. The standard InChI is InChI=1S/C25H25N3O2S/c1-3-7-21(23-10-6-15-31-23)27-24(29)19-13-11-18(12-14-19)16-28-22-9-5-4-8-20(22)26-17(2)25(28)30/h4-6,8-15,21H,3,7,16H2,1-2H3,(H,27,29).